The number of rotatable bonds is 4. The van der Waals surface area contributed by atoms with Gasteiger partial charge < -0.3 is 10.0 Å². The lowest BCUT2D eigenvalue weighted by atomic mass is 10.4. The third-order valence-corrected chi connectivity index (χ3v) is 1.39. The summed E-state index contributed by atoms with van der Waals surface area (Å²) in [7, 11) is 0. The van der Waals surface area contributed by atoms with E-state index in [0.717, 1.165) is 0 Å². The molecule has 6 heteroatoms. The second-order valence-corrected chi connectivity index (χ2v) is 2.51. The number of carbonyl (C=O) groups excluding carboxylic acids is 1. The lowest BCUT2D eigenvalue weighted by molar-refractivity contribution is -0.185. The van der Waals surface area contributed by atoms with Crippen LogP contribution in [0.2, 0.25) is 0 Å². The van der Waals surface area contributed by atoms with Crippen molar-refractivity contribution in [2.24, 2.45) is 0 Å². The zero-order chi connectivity index (χ0) is 10.5. The SMILES string of the molecule is CCCN(CCO)C(=O)C(F)(F)F. The maximum absolute atomic E-state index is 11.9. The van der Waals surface area contributed by atoms with Crippen LogP contribution in [-0.4, -0.2) is 41.8 Å². The minimum atomic E-state index is -4.84. The van der Waals surface area contributed by atoms with E-state index in [9.17, 15) is 18.0 Å². The van der Waals surface area contributed by atoms with E-state index in [1.165, 1.54) is 0 Å². The van der Waals surface area contributed by atoms with Crippen LogP contribution >= 0.6 is 0 Å². The molecule has 3 nitrogen and oxygen atoms in total. The predicted molar refractivity (Wildman–Crippen MR) is 40.0 cm³/mol. The molecule has 1 amide bonds. The van der Waals surface area contributed by atoms with E-state index in [0.29, 0.717) is 11.3 Å². The van der Waals surface area contributed by atoms with Crippen molar-refractivity contribution in [3.63, 3.8) is 0 Å². The normalized spacial score (nSPS) is 11.5. The lowest BCUT2D eigenvalue weighted by Crippen LogP contribution is -2.42. The highest BCUT2D eigenvalue weighted by Crippen LogP contribution is 2.18. The molecule has 0 spiro atoms. The number of hydrogen-bond donors (Lipinski definition) is 1. The summed E-state index contributed by atoms with van der Waals surface area (Å²) in [6, 6.07) is 0. The van der Waals surface area contributed by atoms with E-state index in [4.69, 9.17) is 5.11 Å². The Kier molecular flexibility index (Phi) is 4.76. The largest absolute Gasteiger partial charge is 0.471 e. The molecule has 0 aliphatic heterocycles. The van der Waals surface area contributed by atoms with Crippen molar-refractivity contribution in [3.8, 4) is 0 Å². The molecule has 0 unspecified atom stereocenters. The van der Waals surface area contributed by atoms with E-state index in [2.05, 4.69) is 0 Å². The molecule has 0 aliphatic rings. The van der Waals surface area contributed by atoms with Gasteiger partial charge in [-0.3, -0.25) is 4.79 Å². The first-order valence-electron chi connectivity index (χ1n) is 3.90. The molecular formula is C7H12F3NO2. The Morgan fingerprint density at radius 2 is 1.92 bits per heavy atom. The molecule has 0 rings (SSSR count). The number of aliphatic hydroxyl groups is 1. The fourth-order valence-corrected chi connectivity index (χ4v) is 0.885. The highest BCUT2D eigenvalue weighted by atomic mass is 19.4. The van der Waals surface area contributed by atoms with Gasteiger partial charge in [-0.05, 0) is 6.42 Å². The first kappa shape index (κ1) is 12.2. The second kappa shape index (κ2) is 5.06. The van der Waals surface area contributed by atoms with Gasteiger partial charge >= 0.3 is 12.1 Å². The van der Waals surface area contributed by atoms with Crippen LogP contribution in [-0.2, 0) is 4.79 Å². The minimum Gasteiger partial charge on any atom is -0.395 e. The first-order valence-corrected chi connectivity index (χ1v) is 3.90. The van der Waals surface area contributed by atoms with E-state index in [-0.39, 0.29) is 13.1 Å². The minimum absolute atomic E-state index is 0.0128. The van der Waals surface area contributed by atoms with Gasteiger partial charge in [0.05, 0.1) is 6.61 Å². The van der Waals surface area contributed by atoms with Crippen molar-refractivity contribution in [2.75, 3.05) is 19.7 Å². The Labute approximate surface area is 74.1 Å². The molecule has 0 saturated carbocycles. The summed E-state index contributed by atoms with van der Waals surface area (Å²) in [5, 5.41) is 8.42. The number of amides is 1. The molecule has 0 aromatic rings. The van der Waals surface area contributed by atoms with E-state index >= 15 is 0 Å². The number of alkyl halides is 3. The molecule has 0 heterocycles. The number of carbonyl (C=O) groups is 1. The van der Waals surface area contributed by atoms with Gasteiger partial charge in [-0.25, -0.2) is 0 Å². The van der Waals surface area contributed by atoms with Crippen molar-refractivity contribution in [2.45, 2.75) is 19.5 Å². The van der Waals surface area contributed by atoms with Gasteiger partial charge in [0.15, 0.2) is 0 Å². The number of aliphatic hydroxyl groups excluding tert-OH is 1. The van der Waals surface area contributed by atoms with Crippen LogP contribution in [0.5, 0.6) is 0 Å². The second-order valence-electron chi connectivity index (χ2n) is 2.51. The maximum Gasteiger partial charge on any atom is 0.471 e. The van der Waals surface area contributed by atoms with Gasteiger partial charge in [-0.1, -0.05) is 6.92 Å². The average Bonchev–Trinajstić information content (AvgIpc) is 2.01. The van der Waals surface area contributed by atoms with Crippen LogP contribution in [0.15, 0.2) is 0 Å². The van der Waals surface area contributed by atoms with Crippen molar-refractivity contribution < 1.29 is 23.1 Å². The van der Waals surface area contributed by atoms with Gasteiger partial charge in [0.1, 0.15) is 0 Å². The molecule has 0 atom stereocenters. The van der Waals surface area contributed by atoms with Gasteiger partial charge in [-0.15, -0.1) is 0 Å². The van der Waals surface area contributed by atoms with Crippen molar-refractivity contribution >= 4 is 5.91 Å². The van der Waals surface area contributed by atoms with Gasteiger partial charge in [0.25, 0.3) is 0 Å². The van der Waals surface area contributed by atoms with Crippen molar-refractivity contribution in [1.29, 1.82) is 0 Å². The Balaban J connectivity index is 4.27. The molecule has 0 saturated heterocycles. The molecule has 0 aromatic carbocycles. The average molecular weight is 199 g/mol. The Morgan fingerprint density at radius 3 is 2.23 bits per heavy atom. The zero-order valence-corrected chi connectivity index (χ0v) is 7.26. The summed E-state index contributed by atoms with van der Waals surface area (Å²) in [5.41, 5.74) is 0. The highest BCUT2D eigenvalue weighted by molar-refractivity contribution is 5.81. The first-order chi connectivity index (χ1) is 5.93. The molecular weight excluding hydrogens is 187 g/mol. The van der Waals surface area contributed by atoms with Crippen LogP contribution in [0.4, 0.5) is 13.2 Å². The third kappa shape index (κ3) is 4.12. The molecule has 0 fully saturated rings. The molecule has 0 bridgehead atoms. The fraction of sp³-hybridized carbons (Fsp3) is 0.857. The standard InChI is InChI=1S/C7H12F3NO2/c1-2-3-11(4-5-12)6(13)7(8,9)10/h12H,2-5H2,1H3. The Morgan fingerprint density at radius 1 is 1.38 bits per heavy atom. The monoisotopic (exact) mass is 199 g/mol. The van der Waals surface area contributed by atoms with E-state index in [1.807, 2.05) is 0 Å². The van der Waals surface area contributed by atoms with Crippen LogP contribution in [0, 0.1) is 0 Å². The molecule has 78 valence electrons. The fourth-order valence-electron chi connectivity index (χ4n) is 0.885. The Hall–Kier alpha value is -0.780. The third-order valence-electron chi connectivity index (χ3n) is 1.39. The number of hydrogen-bond acceptors (Lipinski definition) is 2. The van der Waals surface area contributed by atoms with Crippen molar-refractivity contribution in [1.82, 2.24) is 4.90 Å². The van der Waals surface area contributed by atoms with E-state index in [1.54, 1.807) is 6.92 Å². The topological polar surface area (TPSA) is 40.5 Å². The predicted octanol–water partition coefficient (Wildman–Crippen LogP) is 0.780. The molecule has 0 aromatic heterocycles. The summed E-state index contributed by atoms with van der Waals surface area (Å²) >= 11 is 0. The van der Waals surface area contributed by atoms with Gasteiger partial charge in [0.2, 0.25) is 0 Å². The number of halogens is 3. The summed E-state index contributed by atoms with van der Waals surface area (Å²) in [5.74, 6) is -1.89. The molecule has 0 aliphatic carbocycles. The van der Waals surface area contributed by atoms with Crippen LogP contribution in [0.1, 0.15) is 13.3 Å². The summed E-state index contributed by atoms with van der Waals surface area (Å²) in [6.45, 7) is 0.945. The molecule has 1 N–H and O–H groups in total. The molecule has 13 heavy (non-hydrogen) atoms. The molecule has 0 radical (unpaired) electrons. The van der Waals surface area contributed by atoms with Crippen LogP contribution < -0.4 is 0 Å². The van der Waals surface area contributed by atoms with Crippen LogP contribution in [0.3, 0.4) is 0 Å². The smallest absolute Gasteiger partial charge is 0.395 e. The number of nitrogens with zero attached hydrogens (tertiary/aromatic N) is 1. The Bertz CT molecular complexity index is 164. The summed E-state index contributed by atoms with van der Waals surface area (Å²) in [6.07, 6.45) is -4.41. The van der Waals surface area contributed by atoms with E-state index < -0.39 is 18.7 Å². The lowest BCUT2D eigenvalue weighted by Gasteiger charge is -2.21. The quantitative estimate of drug-likeness (QED) is 0.726. The van der Waals surface area contributed by atoms with Gasteiger partial charge in [-0.2, -0.15) is 13.2 Å². The highest BCUT2D eigenvalue weighted by Gasteiger charge is 2.41. The summed E-state index contributed by atoms with van der Waals surface area (Å²) in [4.78, 5) is 11.2. The van der Waals surface area contributed by atoms with Gasteiger partial charge in [0, 0.05) is 13.1 Å². The van der Waals surface area contributed by atoms with Crippen LogP contribution in [0.25, 0.3) is 0 Å². The zero-order valence-electron chi connectivity index (χ0n) is 7.26. The van der Waals surface area contributed by atoms with Crippen molar-refractivity contribution in [3.05, 3.63) is 0 Å². The maximum atomic E-state index is 11.9. The summed E-state index contributed by atoms with van der Waals surface area (Å²) < 4.78 is 35.6.